The molecule has 0 saturated heterocycles. The number of hydrogen-bond donors (Lipinski definition) is 0. The smallest absolute Gasteiger partial charge is 0.410 e. The topological polar surface area (TPSA) is 55.8 Å². The molecule has 2 aromatic carbocycles. The Morgan fingerprint density at radius 2 is 1.25 bits per heavy atom. The van der Waals surface area contributed by atoms with Crippen LogP contribution in [0, 0.1) is 0 Å². The molecule has 2 rings (SSSR count). The minimum absolute atomic E-state index is 0.255. The van der Waals surface area contributed by atoms with Crippen molar-refractivity contribution in [3.63, 3.8) is 0 Å². The summed E-state index contributed by atoms with van der Waals surface area (Å²) in [4.78, 5) is 25.7. The minimum Gasteiger partial charge on any atom is -0.410 e. The van der Waals surface area contributed by atoms with Gasteiger partial charge in [-0.05, 0) is 30.7 Å². The molecular weight excluding hydrogens is 306 g/mol. The van der Waals surface area contributed by atoms with Gasteiger partial charge in [0.1, 0.15) is 11.5 Å². The molecule has 0 saturated carbocycles. The lowest BCUT2D eigenvalue weighted by Crippen LogP contribution is -2.41. The Kier molecular flexibility index (Phi) is 6.83. The summed E-state index contributed by atoms with van der Waals surface area (Å²) in [6, 6.07) is 17.3. The van der Waals surface area contributed by atoms with Crippen LogP contribution in [0.4, 0.5) is 9.59 Å². The highest BCUT2D eigenvalue weighted by atomic mass is 16.6. The Bertz CT molecular complexity index is 589. The van der Waals surface area contributed by atoms with E-state index in [4.69, 9.17) is 9.47 Å². The highest BCUT2D eigenvalue weighted by Gasteiger charge is 2.25. The largest absolute Gasteiger partial charge is 0.424 e. The number of carbonyl (C=O) groups excluding carboxylic acids is 2. The van der Waals surface area contributed by atoms with Crippen LogP contribution < -0.4 is 9.47 Å². The van der Waals surface area contributed by atoms with Gasteiger partial charge in [-0.1, -0.05) is 56.2 Å². The molecule has 0 heterocycles. The number of hydrogen-bond acceptors (Lipinski definition) is 4. The van der Waals surface area contributed by atoms with Gasteiger partial charge >= 0.3 is 12.2 Å². The molecule has 24 heavy (non-hydrogen) atoms. The second-order valence-electron chi connectivity index (χ2n) is 5.22. The second-order valence-corrected chi connectivity index (χ2v) is 5.22. The van der Waals surface area contributed by atoms with Crippen LogP contribution >= 0.6 is 0 Å². The number of para-hydroxylation sites is 2. The van der Waals surface area contributed by atoms with Crippen molar-refractivity contribution in [3.8, 4) is 11.5 Å². The van der Waals surface area contributed by atoms with Crippen molar-refractivity contribution in [2.24, 2.45) is 0 Å². The number of amides is 2. The quantitative estimate of drug-likeness (QED) is 0.710. The molecule has 0 N–H and O–H groups in total. The second kappa shape index (κ2) is 9.35. The number of ether oxygens (including phenoxy) is 2. The fourth-order valence-electron chi connectivity index (χ4n) is 2.07. The Morgan fingerprint density at radius 1 is 0.792 bits per heavy atom. The molecule has 0 aromatic heterocycles. The lowest BCUT2D eigenvalue weighted by Gasteiger charge is -2.19. The first kappa shape index (κ1) is 17.5. The van der Waals surface area contributed by atoms with Crippen LogP contribution in [0.5, 0.6) is 11.5 Å². The minimum atomic E-state index is -0.738. The van der Waals surface area contributed by atoms with Crippen LogP contribution in [-0.2, 0) is 0 Å². The maximum Gasteiger partial charge on any atom is 0.424 e. The van der Waals surface area contributed by atoms with Crippen molar-refractivity contribution >= 4 is 12.2 Å². The number of benzene rings is 2. The Hall–Kier alpha value is -2.82. The van der Waals surface area contributed by atoms with E-state index in [-0.39, 0.29) is 6.54 Å². The standard InChI is InChI=1S/C19H21NO4/c1-2-3-10-15-20(18(21)23-16-11-6-4-7-12-16)19(22)24-17-13-8-5-9-14-17/h4-9,11-14H,2-3,10,15H2,1H3. The summed E-state index contributed by atoms with van der Waals surface area (Å²) < 4.78 is 10.5. The third-order valence-electron chi connectivity index (χ3n) is 3.32. The van der Waals surface area contributed by atoms with E-state index in [2.05, 4.69) is 6.92 Å². The molecule has 0 aliphatic carbocycles. The third-order valence-corrected chi connectivity index (χ3v) is 3.32. The average molecular weight is 327 g/mol. The van der Waals surface area contributed by atoms with Gasteiger partial charge in [0.25, 0.3) is 0 Å². The van der Waals surface area contributed by atoms with Crippen LogP contribution in [0.25, 0.3) is 0 Å². The predicted molar refractivity (Wildman–Crippen MR) is 91.2 cm³/mol. The lowest BCUT2D eigenvalue weighted by molar-refractivity contribution is 0.130. The van der Waals surface area contributed by atoms with E-state index in [9.17, 15) is 9.59 Å². The molecular formula is C19H21NO4. The molecule has 126 valence electrons. The summed E-state index contributed by atoms with van der Waals surface area (Å²) in [5.41, 5.74) is 0. The number of carbonyl (C=O) groups is 2. The fraction of sp³-hybridized carbons (Fsp3) is 0.263. The van der Waals surface area contributed by atoms with Crippen LogP contribution in [0.15, 0.2) is 60.7 Å². The summed E-state index contributed by atoms with van der Waals surface area (Å²) in [6.45, 7) is 2.31. The molecule has 0 aliphatic rings. The van der Waals surface area contributed by atoms with Gasteiger partial charge < -0.3 is 9.47 Å². The van der Waals surface area contributed by atoms with Gasteiger partial charge in [0, 0.05) is 6.54 Å². The maximum atomic E-state index is 12.3. The zero-order valence-corrected chi connectivity index (χ0v) is 13.7. The normalized spacial score (nSPS) is 10.0. The van der Waals surface area contributed by atoms with E-state index in [1.165, 1.54) is 0 Å². The van der Waals surface area contributed by atoms with Crippen molar-refractivity contribution in [1.29, 1.82) is 0 Å². The molecule has 0 atom stereocenters. The third kappa shape index (κ3) is 5.43. The average Bonchev–Trinajstić information content (AvgIpc) is 2.60. The van der Waals surface area contributed by atoms with Crippen molar-refractivity contribution in [2.45, 2.75) is 26.2 Å². The highest BCUT2D eigenvalue weighted by Crippen LogP contribution is 2.14. The lowest BCUT2D eigenvalue weighted by atomic mass is 10.2. The monoisotopic (exact) mass is 327 g/mol. The van der Waals surface area contributed by atoms with Crippen LogP contribution in [0.1, 0.15) is 26.2 Å². The first-order valence-corrected chi connectivity index (χ1v) is 8.02. The first-order valence-electron chi connectivity index (χ1n) is 8.02. The van der Waals surface area contributed by atoms with Crippen LogP contribution in [0.2, 0.25) is 0 Å². The summed E-state index contributed by atoms with van der Waals surface area (Å²) in [5.74, 6) is 0.769. The maximum absolute atomic E-state index is 12.3. The fourth-order valence-corrected chi connectivity index (χ4v) is 2.07. The Morgan fingerprint density at radius 3 is 1.67 bits per heavy atom. The number of imide groups is 1. The molecule has 0 bridgehead atoms. The van der Waals surface area contributed by atoms with Gasteiger partial charge in [0.15, 0.2) is 0 Å². The molecule has 0 fully saturated rings. The zero-order valence-electron chi connectivity index (χ0n) is 13.7. The Labute approximate surface area is 141 Å². The van der Waals surface area contributed by atoms with E-state index in [0.29, 0.717) is 17.9 Å². The first-order chi connectivity index (χ1) is 11.7. The summed E-state index contributed by atoms with van der Waals surface area (Å²) in [6.07, 6.45) is 1.12. The summed E-state index contributed by atoms with van der Waals surface area (Å²) >= 11 is 0. The molecule has 2 amide bonds. The highest BCUT2D eigenvalue weighted by molar-refractivity contribution is 5.89. The van der Waals surface area contributed by atoms with Crippen LogP contribution in [0.3, 0.4) is 0 Å². The molecule has 0 radical (unpaired) electrons. The molecule has 0 unspecified atom stereocenters. The van der Waals surface area contributed by atoms with E-state index in [0.717, 1.165) is 17.7 Å². The molecule has 0 aliphatic heterocycles. The van der Waals surface area contributed by atoms with E-state index >= 15 is 0 Å². The Balaban J connectivity index is 2.05. The summed E-state index contributed by atoms with van der Waals surface area (Å²) in [7, 11) is 0. The van der Waals surface area contributed by atoms with E-state index in [1.807, 2.05) is 12.1 Å². The van der Waals surface area contributed by atoms with Crippen molar-refractivity contribution in [1.82, 2.24) is 4.90 Å². The van der Waals surface area contributed by atoms with E-state index in [1.54, 1.807) is 48.5 Å². The van der Waals surface area contributed by atoms with Crippen molar-refractivity contribution in [2.75, 3.05) is 6.54 Å². The van der Waals surface area contributed by atoms with E-state index < -0.39 is 12.2 Å². The number of nitrogens with zero attached hydrogens (tertiary/aromatic N) is 1. The number of unbranched alkanes of at least 4 members (excludes halogenated alkanes) is 2. The van der Waals surface area contributed by atoms with Gasteiger partial charge in [0.05, 0.1) is 0 Å². The molecule has 5 heteroatoms. The van der Waals surface area contributed by atoms with Gasteiger partial charge in [-0.15, -0.1) is 0 Å². The van der Waals surface area contributed by atoms with Gasteiger partial charge in [-0.3, -0.25) is 0 Å². The van der Waals surface area contributed by atoms with Gasteiger partial charge in [-0.25, -0.2) is 14.5 Å². The summed E-state index contributed by atoms with van der Waals surface area (Å²) in [5, 5.41) is 0. The van der Waals surface area contributed by atoms with Crippen LogP contribution in [-0.4, -0.2) is 23.6 Å². The van der Waals surface area contributed by atoms with Gasteiger partial charge in [0.2, 0.25) is 0 Å². The van der Waals surface area contributed by atoms with Crippen molar-refractivity contribution in [3.05, 3.63) is 60.7 Å². The molecule has 0 spiro atoms. The SMILES string of the molecule is CCCCCN(C(=O)Oc1ccccc1)C(=O)Oc1ccccc1. The number of rotatable bonds is 6. The van der Waals surface area contributed by atoms with Crippen molar-refractivity contribution < 1.29 is 19.1 Å². The zero-order chi connectivity index (χ0) is 17.2. The van der Waals surface area contributed by atoms with Gasteiger partial charge in [-0.2, -0.15) is 0 Å². The molecule has 2 aromatic rings. The molecule has 5 nitrogen and oxygen atoms in total. The predicted octanol–water partition coefficient (Wildman–Crippen LogP) is 4.88.